The van der Waals surface area contributed by atoms with Gasteiger partial charge in [0.15, 0.2) is 0 Å². The van der Waals surface area contributed by atoms with Gasteiger partial charge in [0.25, 0.3) is 0 Å². The van der Waals surface area contributed by atoms with Crippen molar-refractivity contribution in [1.29, 1.82) is 0 Å². The molecule has 1 fully saturated rings. The zero-order valence-corrected chi connectivity index (χ0v) is 10.1. The number of amides is 1. The molecule has 4 nitrogen and oxygen atoms in total. The molecule has 0 radical (unpaired) electrons. The molecule has 1 saturated carbocycles. The van der Waals surface area contributed by atoms with Crippen LogP contribution in [-0.4, -0.2) is 16.9 Å². The van der Waals surface area contributed by atoms with Gasteiger partial charge in [-0.25, -0.2) is 4.98 Å². The van der Waals surface area contributed by atoms with Gasteiger partial charge in [0.1, 0.15) is 5.82 Å². The van der Waals surface area contributed by atoms with Crippen LogP contribution in [0.25, 0.3) is 0 Å². The van der Waals surface area contributed by atoms with Gasteiger partial charge in [0.05, 0.1) is 0 Å². The number of hydrogen-bond donors (Lipinski definition) is 2. The maximum atomic E-state index is 12.0. The highest BCUT2D eigenvalue weighted by atomic mass is 16.1. The third-order valence-electron chi connectivity index (χ3n) is 3.25. The number of nitrogens with zero attached hydrogens (tertiary/aromatic N) is 1. The van der Waals surface area contributed by atoms with E-state index in [1.165, 1.54) is 0 Å². The van der Waals surface area contributed by atoms with Crippen molar-refractivity contribution < 1.29 is 4.79 Å². The van der Waals surface area contributed by atoms with Crippen LogP contribution in [0.5, 0.6) is 0 Å². The Bertz CT molecular complexity index is 388. The van der Waals surface area contributed by atoms with Crippen molar-refractivity contribution >= 4 is 11.7 Å². The zero-order valence-electron chi connectivity index (χ0n) is 10.1. The normalized spacial score (nSPS) is 24.4. The van der Waals surface area contributed by atoms with Crippen molar-refractivity contribution in [2.24, 2.45) is 11.7 Å². The average molecular weight is 233 g/mol. The largest absolute Gasteiger partial charge is 0.328 e. The second-order valence-corrected chi connectivity index (χ2v) is 4.83. The van der Waals surface area contributed by atoms with E-state index in [0.29, 0.717) is 5.82 Å². The summed E-state index contributed by atoms with van der Waals surface area (Å²) in [6.45, 7) is 1.97. The SMILES string of the molecule is Cc1ccc(NC(=O)C2CCCC(N)C2)nc1. The number of carbonyl (C=O) groups is 1. The van der Waals surface area contributed by atoms with E-state index in [2.05, 4.69) is 10.3 Å². The van der Waals surface area contributed by atoms with Gasteiger partial charge < -0.3 is 11.1 Å². The third-order valence-corrected chi connectivity index (χ3v) is 3.25. The molecule has 0 saturated heterocycles. The van der Waals surface area contributed by atoms with E-state index in [1.807, 2.05) is 19.1 Å². The van der Waals surface area contributed by atoms with Crippen molar-refractivity contribution in [3.63, 3.8) is 0 Å². The number of carbonyl (C=O) groups excluding carboxylic acids is 1. The van der Waals surface area contributed by atoms with Gasteiger partial charge in [-0.1, -0.05) is 12.5 Å². The number of rotatable bonds is 2. The van der Waals surface area contributed by atoms with Crippen molar-refractivity contribution in [2.45, 2.75) is 38.6 Å². The lowest BCUT2D eigenvalue weighted by atomic mass is 9.85. The van der Waals surface area contributed by atoms with Gasteiger partial charge in [0, 0.05) is 18.2 Å². The molecule has 92 valence electrons. The molecule has 1 aliphatic carbocycles. The highest BCUT2D eigenvalue weighted by Gasteiger charge is 2.25. The average Bonchev–Trinajstić information content (AvgIpc) is 2.32. The molecular weight excluding hydrogens is 214 g/mol. The second-order valence-electron chi connectivity index (χ2n) is 4.83. The van der Waals surface area contributed by atoms with Gasteiger partial charge >= 0.3 is 0 Å². The van der Waals surface area contributed by atoms with Gasteiger partial charge in [-0.05, 0) is 37.8 Å². The predicted octanol–water partition coefficient (Wildman–Crippen LogP) is 1.85. The molecule has 17 heavy (non-hydrogen) atoms. The Kier molecular flexibility index (Phi) is 3.74. The van der Waals surface area contributed by atoms with Crippen LogP contribution in [0.4, 0.5) is 5.82 Å². The second kappa shape index (κ2) is 5.27. The van der Waals surface area contributed by atoms with E-state index >= 15 is 0 Å². The Morgan fingerprint density at radius 1 is 1.47 bits per heavy atom. The van der Waals surface area contributed by atoms with Gasteiger partial charge in [-0.2, -0.15) is 0 Å². The summed E-state index contributed by atoms with van der Waals surface area (Å²) in [5, 5.41) is 2.85. The van der Waals surface area contributed by atoms with Crippen LogP contribution in [0.3, 0.4) is 0 Å². The minimum absolute atomic E-state index is 0.0434. The topological polar surface area (TPSA) is 68.0 Å². The summed E-state index contributed by atoms with van der Waals surface area (Å²) in [5.41, 5.74) is 6.97. The summed E-state index contributed by atoms with van der Waals surface area (Å²) >= 11 is 0. The van der Waals surface area contributed by atoms with Gasteiger partial charge in [0.2, 0.25) is 5.91 Å². The molecule has 2 atom stereocenters. The maximum Gasteiger partial charge on any atom is 0.228 e. The maximum absolute atomic E-state index is 12.0. The molecule has 0 aliphatic heterocycles. The molecule has 4 heteroatoms. The minimum atomic E-state index is 0.0434. The molecule has 2 unspecified atom stereocenters. The van der Waals surface area contributed by atoms with Crippen LogP contribution in [-0.2, 0) is 4.79 Å². The molecule has 1 amide bonds. The summed E-state index contributed by atoms with van der Waals surface area (Å²) in [4.78, 5) is 16.2. The Balaban J connectivity index is 1.94. The first-order chi connectivity index (χ1) is 8.15. The fraction of sp³-hybridized carbons (Fsp3) is 0.538. The number of aryl methyl sites for hydroxylation is 1. The molecule has 3 N–H and O–H groups in total. The highest BCUT2D eigenvalue weighted by Crippen LogP contribution is 2.24. The number of aromatic nitrogens is 1. The number of nitrogens with one attached hydrogen (secondary N) is 1. The fourth-order valence-corrected chi connectivity index (χ4v) is 2.24. The lowest BCUT2D eigenvalue weighted by Gasteiger charge is -2.25. The Hall–Kier alpha value is -1.42. The monoisotopic (exact) mass is 233 g/mol. The van der Waals surface area contributed by atoms with E-state index in [1.54, 1.807) is 6.20 Å². The lowest BCUT2D eigenvalue weighted by molar-refractivity contribution is -0.120. The number of nitrogens with two attached hydrogens (primary N) is 1. The van der Waals surface area contributed by atoms with Crippen LogP contribution >= 0.6 is 0 Å². The van der Waals surface area contributed by atoms with Crippen molar-refractivity contribution in [2.75, 3.05) is 5.32 Å². The first-order valence-electron chi connectivity index (χ1n) is 6.14. The van der Waals surface area contributed by atoms with Crippen molar-refractivity contribution in [3.05, 3.63) is 23.9 Å². The molecule has 1 aliphatic rings. The van der Waals surface area contributed by atoms with Crippen molar-refractivity contribution in [1.82, 2.24) is 4.98 Å². The van der Waals surface area contributed by atoms with E-state index in [-0.39, 0.29) is 17.9 Å². The van der Waals surface area contributed by atoms with E-state index in [0.717, 1.165) is 31.2 Å². The van der Waals surface area contributed by atoms with Gasteiger partial charge in [-0.3, -0.25) is 4.79 Å². The quantitative estimate of drug-likeness (QED) is 0.819. The van der Waals surface area contributed by atoms with Crippen molar-refractivity contribution in [3.8, 4) is 0 Å². The molecule has 1 aromatic heterocycles. The molecule has 1 heterocycles. The van der Waals surface area contributed by atoms with Crippen LogP contribution in [0.1, 0.15) is 31.2 Å². The standard InChI is InChI=1S/C13H19N3O/c1-9-5-6-12(15-8-9)16-13(17)10-3-2-4-11(14)7-10/h5-6,8,10-11H,2-4,7,14H2,1H3,(H,15,16,17). The van der Waals surface area contributed by atoms with E-state index in [4.69, 9.17) is 5.73 Å². The number of pyridine rings is 1. The smallest absolute Gasteiger partial charge is 0.228 e. The molecule has 0 aromatic carbocycles. The Morgan fingerprint density at radius 2 is 2.29 bits per heavy atom. The number of hydrogen-bond acceptors (Lipinski definition) is 3. The fourth-order valence-electron chi connectivity index (χ4n) is 2.24. The van der Waals surface area contributed by atoms with Crippen LogP contribution in [0.15, 0.2) is 18.3 Å². The first kappa shape index (κ1) is 12.0. The summed E-state index contributed by atoms with van der Waals surface area (Å²) in [6.07, 6.45) is 5.55. The highest BCUT2D eigenvalue weighted by molar-refractivity contribution is 5.91. The Morgan fingerprint density at radius 3 is 2.94 bits per heavy atom. The summed E-state index contributed by atoms with van der Waals surface area (Å²) in [5.74, 6) is 0.720. The zero-order chi connectivity index (χ0) is 12.3. The van der Waals surface area contributed by atoms with Crippen LogP contribution in [0, 0.1) is 12.8 Å². The lowest BCUT2D eigenvalue weighted by Crippen LogP contribution is -2.34. The summed E-state index contributed by atoms with van der Waals surface area (Å²) in [7, 11) is 0. The van der Waals surface area contributed by atoms with Gasteiger partial charge in [-0.15, -0.1) is 0 Å². The summed E-state index contributed by atoms with van der Waals surface area (Å²) < 4.78 is 0. The predicted molar refractivity (Wildman–Crippen MR) is 67.5 cm³/mol. The van der Waals surface area contributed by atoms with Crippen LogP contribution < -0.4 is 11.1 Å². The van der Waals surface area contributed by atoms with Crippen LogP contribution in [0.2, 0.25) is 0 Å². The minimum Gasteiger partial charge on any atom is -0.328 e. The molecule has 0 bridgehead atoms. The third kappa shape index (κ3) is 3.27. The Labute approximate surface area is 102 Å². The van der Waals surface area contributed by atoms with E-state index in [9.17, 15) is 4.79 Å². The molecule has 0 spiro atoms. The van der Waals surface area contributed by atoms with E-state index < -0.39 is 0 Å². The molecule has 1 aromatic rings. The molecule has 2 rings (SSSR count). The number of anilines is 1. The first-order valence-corrected chi connectivity index (χ1v) is 6.14. The molecular formula is C13H19N3O. The summed E-state index contributed by atoms with van der Waals surface area (Å²) in [6, 6.07) is 3.94.